The Balaban J connectivity index is 2.34. The molecule has 1 aromatic heterocycles. The van der Waals surface area contributed by atoms with E-state index < -0.39 is 5.97 Å². The number of carboxylic acids is 1. The van der Waals surface area contributed by atoms with Crippen molar-refractivity contribution in [2.24, 2.45) is 0 Å². The fourth-order valence-electron chi connectivity index (χ4n) is 1.34. The molecule has 1 heterocycles. The van der Waals surface area contributed by atoms with E-state index in [1.807, 2.05) is 0 Å². The Morgan fingerprint density at radius 3 is 2.61 bits per heavy atom. The van der Waals surface area contributed by atoms with Crippen LogP contribution in [0, 0.1) is 0 Å². The molecule has 0 saturated heterocycles. The second-order valence-corrected chi connectivity index (χ2v) is 4.38. The molecule has 2 aromatic rings. The zero-order chi connectivity index (χ0) is 13.1. The number of pyridine rings is 1. The number of benzene rings is 1. The van der Waals surface area contributed by atoms with Gasteiger partial charge in [0.05, 0.1) is 6.20 Å². The van der Waals surface area contributed by atoms with Gasteiger partial charge in [-0.2, -0.15) is 0 Å². The van der Waals surface area contributed by atoms with Gasteiger partial charge in [-0.3, -0.25) is 0 Å². The van der Waals surface area contributed by atoms with E-state index in [1.165, 1.54) is 12.3 Å². The summed E-state index contributed by atoms with van der Waals surface area (Å²) in [6.45, 7) is 0. The topological polar surface area (TPSA) is 85.4 Å². The van der Waals surface area contributed by atoms with Gasteiger partial charge in [-0.05, 0) is 30.3 Å². The predicted octanol–water partition coefficient (Wildman–Crippen LogP) is 2.92. The summed E-state index contributed by atoms with van der Waals surface area (Å²) in [6, 6.07) is 8.27. The van der Waals surface area contributed by atoms with Gasteiger partial charge in [0.25, 0.3) is 0 Å². The minimum Gasteiger partial charge on any atom is -0.478 e. The molecule has 0 aliphatic heterocycles. The molecule has 6 heteroatoms. The molecule has 3 N–H and O–H groups in total. The van der Waals surface area contributed by atoms with Gasteiger partial charge >= 0.3 is 5.97 Å². The number of nitrogens with two attached hydrogens (primary N) is 1. The Morgan fingerprint density at radius 2 is 2.00 bits per heavy atom. The third-order valence-corrected chi connectivity index (χ3v) is 2.69. The molecule has 5 nitrogen and oxygen atoms in total. The first-order valence-electron chi connectivity index (χ1n) is 4.98. The maximum atomic E-state index is 11.0. The number of anilines is 1. The number of carboxylic acid groups (broad SMARTS) is 1. The molecule has 0 amide bonds. The van der Waals surface area contributed by atoms with E-state index >= 15 is 0 Å². The molecule has 0 spiro atoms. The standard InChI is InChI=1S/C12H9BrN2O3/c13-7-1-3-8(4-2-7)18-10-6-15-11(14)5-9(10)12(16)17/h1-6H,(H2,14,15)(H,16,17). The van der Waals surface area contributed by atoms with E-state index in [0.717, 1.165) is 4.47 Å². The van der Waals surface area contributed by atoms with Crippen LogP contribution in [-0.4, -0.2) is 16.1 Å². The summed E-state index contributed by atoms with van der Waals surface area (Å²) in [5, 5.41) is 9.04. The minimum absolute atomic E-state index is 0.0228. The van der Waals surface area contributed by atoms with Crippen LogP contribution in [-0.2, 0) is 0 Å². The van der Waals surface area contributed by atoms with Crippen molar-refractivity contribution >= 4 is 27.7 Å². The number of carbonyl (C=O) groups is 1. The molecular weight excluding hydrogens is 300 g/mol. The van der Waals surface area contributed by atoms with Crippen LogP contribution in [0.5, 0.6) is 11.5 Å². The highest BCUT2D eigenvalue weighted by molar-refractivity contribution is 9.10. The van der Waals surface area contributed by atoms with Gasteiger partial charge in [0, 0.05) is 4.47 Å². The SMILES string of the molecule is Nc1cc(C(=O)O)c(Oc2ccc(Br)cc2)cn1. The van der Waals surface area contributed by atoms with E-state index in [1.54, 1.807) is 24.3 Å². The van der Waals surface area contributed by atoms with E-state index in [9.17, 15) is 4.79 Å². The number of ether oxygens (including phenoxy) is 1. The monoisotopic (exact) mass is 308 g/mol. The molecule has 0 unspecified atom stereocenters. The quantitative estimate of drug-likeness (QED) is 0.910. The number of halogens is 1. The van der Waals surface area contributed by atoms with Gasteiger partial charge in [-0.1, -0.05) is 15.9 Å². The third-order valence-electron chi connectivity index (χ3n) is 2.16. The van der Waals surface area contributed by atoms with Crippen molar-refractivity contribution in [3.05, 3.63) is 46.6 Å². The average Bonchev–Trinajstić information content (AvgIpc) is 2.34. The first-order chi connectivity index (χ1) is 8.56. The molecule has 1 aromatic carbocycles. The van der Waals surface area contributed by atoms with Gasteiger partial charge in [0.15, 0.2) is 5.75 Å². The average molecular weight is 309 g/mol. The lowest BCUT2D eigenvalue weighted by molar-refractivity contribution is 0.0694. The van der Waals surface area contributed by atoms with Gasteiger partial charge in [-0.25, -0.2) is 9.78 Å². The van der Waals surface area contributed by atoms with E-state index in [-0.39, 0.29) is 17.1 Å². The highest BCUT2D eigenvalue weighted by Crippen LogP contribution is 2.26. The van der Waals surface area contributed by atoms with Crippen LogP contribution in [0.1, 0.15) is 10.4 Å². The summed E-state index contributed by atoms with van der Waals surface area (Å²) in [5.74, 6) is -0.307. The van der Waals surface area contributed by atoms with Crippen molar-refractivity contribution in [1.29, 1.82) is 0 Å². The van der Waals surface area contributed by atoms with Crippen LogP contribution in [0.4, 0.5) is 5.82 Å². The maximum Gasteiger partial charge on any atom is 0.339 e. The lowest BCUT2D eigenvalue weighted by Crippen LogP contribution is -2.03. The maximum absolute atomic E-state index is 11.0. The second-order valence-electron chi connectivity index (χ2n) is 3.47. The molecule has 0 saturated carbocycles. The lowest BCUT2D eigenvalue weighted by Gasteiger charge is -2.08. The van der Waals surface area contributed by atoms with Crippen molar-refractivity contribution < 1.29 is 14.6 Å². The third kappa shape index (κ3) is 2.78. The predicted molar refractivity (Wildman–Crippen MR) is 69.8 cm³/mol. The van der Waals surface area contributed by atoms with Crippen LogP contribution in [0.3, 0.4) is 0 Å². The number of nitrogens with zero attached hydrogens (tertiary/aromatic N) is 1. The molecule has 0 bridgehead atoms. The molecule has 0 radical (unpaired) electrons. The molecule has 0 atom stereocenters. The smallest absolute Gasteiger partial charge is 0.339 e. The number of nitrogen functional groups attached to an aromatic ring is 1. The van der Waals surface area contributed by atoms with Crippen LogP contribution in [0.2, 0.25) is 0 Å². The largest absolute Gasteiger partial charge is 0.478 e. The molecule has 0 aliphatic carbocycles. The van der Waals surface area contributed by atoms with Gasteiger partial charge in [0.1, 0.15) is 17.1 Å². The van der Waals surface area contributed by atoms with E-state index in [2.05, 4.69) is 20.9 Å². The zero-order valence-electron chi connectivity index (χ0n) is 9.13. The number of hydrogen-bond donors (Lipinski definition) is 2. The summed E-state index contributed by atoms with van der Waals surface area (Å²) in [5.41, 5.74) is 5.42. The Hall–Kier alpha value is -2.08. The normalized spacial score (nSPS) is 10.1. The number of aromatic carboxylic acids is 1. The van der Waals surface area contributed by atoms with Crippen molar-refractivity contribution in [2.45, 2.75) is 0 Å². The number of hydrogen-bond acceptors (Lipinski definition) is 4. The first-order valence-corrected chi connectivity index (χ1v) is 5.78. The zero-order valence-corrected chi connectivity index (χ0v) is 10.7. The second kappa shape index (κ2) is 5.05. The summed E-state index contributed by atoms with van der Waals surface area (Å²) in [7, 11) is 0. The molecule has 2 rings (SSSR count). The summed E-state index contributed by atoms with van der Waals surface area (Å²) in [6.07, 6.45) is 1.29. The Labute approximate surface area is 111 Å². The Kier molecular flexibility index (Phi) is 3.47. The first kappa shape index (κ1) is 12.4. The molecule has 0 fully saturated rings. The molecule has 0 aliphatic rings. The molecule has 92 valence electrons. The van der Waals surface area contributed by atoms with Gasteiger partial charge < -0.3 is 15.6 Å². The van der Waals surface area contributed by atoms with Crippen LogP contribution in [0.25, 0.3) is 0 Å². The van der Waals surface area contributed by atoms with Gasteiger partial charge in [-0.15, -0.1) is 0 Å². The van der Waals surface area contributed by atoms with Crippen molar-refractivity contribution in [3.8, 4) is 11.5 Å². The van der Waals surface area contributed by atoms with Crippen LogP contribution >= 0.6 is 15.9 Å². The molecule has 18 heavy (non-hydrogen) atoms. The van der Waals surface area contributed by atoms with E-state index in [0.29, 0.717) is 5.75 Å². The highest BCUT2D eigenvalue weighted by Gasteiger charge is 2.13. The molecular formula is C12H9BrN2O3. The van der Waals surface area contributed by atoms with Crippen LogP contribution < -0.4 is 10.5 Å². The summed E-state index contributed by atoms with van der Waals surface area (Å²) in [4.78, 5) is 14.9. The van der Waals surface area contributed by atoms with Crippen molar-refractivity contribution in [3.63, 3.8) is 0 Å². The summed E-state index contributed by atoms with van der Waals surface area (Å²) >= 11 is 3.30. The number of aromatic nitrogens is 1. The Bertz CT molecular complexity index is 584. The van der Waals surface area contributed by atoms with Crippen molar-refractivity contribution in [2.75, 3.05) is 5.73 Å². The Morgan fingerprint density at radius 1 is 1.33 bits per heavy atom. The lowest BCUT2D eigenvalue weighted by atomic mass is 10.2. The van der Waals surface area contributed by atoms with Gasteiger partial charge in [0.2, 0.25) is 0 Å². The summed E-state index contributed by atoms with van der Waals surface area (Å²) < 4.78 is 6.37. The number of rotatable bonds is 3. The highest BCUT2D eigenvalue weighted by atomic mass is 79.9. The fraction of sp³-hybridized carbons (Fsp3) is 0. The fourth-order valence-corrected chi connectivity index (χ4v) is 1.60. The van der Waals surface area contributed by atoms with E-state index in [4.69, 9.17) is 15.6 Å². The van der Waals surface area contributed by atoms with Crippen molar-refractivity contribution in [1.82, 2.24) is 4.98 Å². The van der Waals surface area contributed by atoms with Crippen LogP contribution in [0.15, 0.2) is 41.0 Å². The minimum atomic E-state index is -1.11.